The molecule has 0 aromatic heterocycles. The van der Waals surface area contributed by atoms with Crippen LogP contribution >= 0.6 is 0 Å². The third-order valence-electron chi connectivity index (χ3n) is 15.7. The maximum Gasteiger partial charge on any atom is 0.303 e. The predicted octanol–water partition coefficient (Wildman–Crippen LogP) is 7.18. The van der Waals surface area contributed by atoms with Gasteiger partial charge in [-0.2, -0.15) is 0 Å². The normalized spacial score (nSPS) is 43.4. The summed E-state index contributed by atoms with van der Waals surface area (Å²) < 4.78 is 24.2. The van der Waals surface area contributed by atoms with Gasteiger partial charge in [0.25, 0.3) is 0 Å². The van der Waals surface area contributed by atoms with Gasteiger partial charge in [-0.05, 0) is 134 Å². The van der Waals surface area contributed by atoms with Crippen molar-refractivity contribution in [2.24, 2.45) is 45.8 Å². The second-order valence-corrected chi connectivity index (χ2v) is 19.8. The second-order valence-electron chi connectivity index (χ2n) is 17.5. The number of sulfone groups is 1. The van der Waals surface area contributed by atoms with Gasteiger partial charge in [0, 0.05) is 31.3 Å². The van der Waals surface area contributed by atoms with Crippen molar-refractivity contribution in [2.45, 2.75) is 135 Å². The minimum atomic E-state index is -3.12. The Labute approximate surface area is 284 Å². The topological polar surface area (TPSA) is 104 Å². The molecular weight excluding hydrogens is 609 g/mol. The number of allylic oxidation sites excluding steroid dienone is 4. The SMILES string of the molecule is CC/C=C(\CCC(=O)O)C1=CCC2(C)C(CC[C@]3(C)C2CCC2C4CCCC4(NCC(=O)N4CCC(S(C)(=O)=O)C4)CC[C@]23C)C1C. The molecule has 6 aliphatic rings. The molecule has 2 N–H and O–H groups in total. The molecule has 5 fully saturated rings. The largest absolute Gasteiger partial charge is 0.481 e. The number of carboxylic acids is 1. The first kappa shape index (κ1) is 35.2. The first-order valence-electron chi connectivity index (χ1n) is 18.9. The minimum Gasteiger partial charge on any atom is -0.481 e. The van der Waals surface area contributed by atoms with Gasteiger partial charge in [-0.3, -0.25) is 9.59 Å². The first-order chi connectivity index (χ1) is 22.1. The number of aliphatic carboxylic acids is 1. The van der Waals surface area contributed by atoms with E-state index in [2.05, 4.69) is 52.1 Å². The van der Waals surface area contributed by atoms with Crippen LogP contribution in [0.3, 0.4) is 0 Å². The van der Waals surface area contributed by atoms with Crippen molar-refractivity contribution in [3.05, 3.63) is 23.3 Å². The average Bonchev–Trinajstić information content (AvgIpc) is 3.68. The summed E-state index contributed by atoms with van der Waals surface area (Å²) in [5, 5.41) is 12.9. The minimum absolute atomic E-state index is 0.0229. The third kappa shape index (κ3) is 5.77. The van der Waals surface area contributed by atoms with Crippen LogP contribution in [-0.4, -0.2) is 67.0 Å². The average molecular weight is 671 g/mol. The molecule has 1 heterocycles. The number of carbonyl (C=O) groups is 2. The summed E-state index contributed by atoms with van der Waals surface area (Å²) >= 11 is 0. The van der Waals surface area contributed by atoms with Crippen molar-refractivity contribution in [3.8, 4) is 0 Å². The molecule has 0 radical (unpaired) electrons. The van der Waals surface area contributed by atoms with Gasteiger partial charge < -0.3 is 15.3 Å². The standard InChI is InChI=1S/C39H62N2O5S/c1-7-9-27(11-14-35(43)44)29-15-19-36(3)30(26(29)2)16-20-38(5)33(36)13-12-31-32-10-8-18-39(32,22-21-37(31,38)4)40-24-34(42)41-23-17-28(25-41)47(6,45)46/h9,15,26,28,30-33,40H,7-8,10-14,16-25H2,1-6H3,(H,43,44)/b27-9+/t26?,28?,30?,31?,32?,33?,36?,37-,38-,39?/m1/s1. The fraction of sp³-hybridized carbons (Fsp3) is 0.846. The van der Waals surface area contributed by atoms with Crippen LogP contribution in [0.25, 0.3) is 0 Å². The molecule has 0 bridgehead atoms. The molecule has 0 spiro atoms. The molecule has 47 heavy (non-hydrogen) atoms. The number of carbonyl (C=O) groups excluding carboxylic acids is 1. The summed E-state index contributed by atoms with van der Waals surface area (Å²) in [6, 6.07) is 0. The Kier molecular flexibility index (Phi) is 9.41. The Balaban J connectivity index is 1.19. The fourth-order valence-corrected chi connectivity index (χ4v) is 14.0. The summed E-state index contributed by atoms with van der Waals surface area (Å²) in [7, 11) is -3.12. The number of nitrogens with one attached hydrogen (secondary N) is 1. The number of nitrogens with zero attached hydrogens (tertiary/aromatic N) is 1. The molecule has 0 aromatic carbocycles. The van der Waals surface area contributed by atoms with Gasteiger partial charge in [-0.15, -0.1) is 0 Å². The van der Waals surface area contributed by atoms with Crippen molar-refractivity contribution in [1.29, 1.82) is 0 Å². The lowest BCUT2D eigenvalue weighted by Gasteiger charge is -2.71. The van der Waals surface area contributed by atoms with E-state index in [0.29, 0.717) is 62.1 Å². The number of fused-ring (bicyclic) bond motifs is 7. The number of carboxylic acid groups (broad SMARTS) is 1. The van der Waals surface area contributed by atoms with E-state index in [4.69, 9.17) is 0 Å². The van der Waals surface area contributed by atoms with Gasteiger partial charge in [0.05, 0.1) is 11.8 Å². The van der Waals surface area contributed by atoms with Crippen LogP contribution in [0, 0.1) is 45.8 Å². The zero-order valence-electron chi connectivity index (χ0n) is 30.1. The van der Waals surface area contributed by atoms with E-state index in [1.807, 2.05) is 0 Å². The lowest BCUT2D eigenvalue weighted by molar-refractivity contribution is -0.212. The third-order valence-corrected chi connectivity index (χ3v) is 17.3. The fourth-order valence-electron chi connectivity index (χ4n) is 13.1. The van der Waals surface area contributed by atoms with E-state index in [1.54, 1.807) is 4.90 Å². The number of amides is 1. The highest BCUT2D eigenvalue weighted by atomic mass is 32.2. The molecule has 4 saturated carbocycles. The van der Waals surface area contributed by atoms with Crippen LogP contribution in [0.2, 0.25) is 0 Å². The van der Waals surface area contributed by atoms with Crippen LogP contribution in [0.5, 0.6) is 0 Å². The molecule has 7 nitrogen and oxygen atoms in total. The molecule has 6 rings (SSSR count). The Morgan fingerprint density at radius 3 is 2.43 bits per heavy atom. The van der Waals surface area contributed by atoms with Gasteiger partial charge in [-0.25, -0.2) is 8.42 Å². The van der Waals surface area contributed by atoms with Crippen molar-refractivity contribution in [1.82, 2.24) is 10.2 Å². The van der Waals surface area contributed by atoms with Crippen molar-refractivity contribution < 1.29 is 23.1 Å². The van der Waals surface area contributed by atoms with Gasteiger partial charge in [0.15, 0.2) is 9.84 Å². The van der Waals surface area contributed by atoms with E-state index in [9.17, 15) is 23.1 Å². The lowest BCUT2D eigenvalue weighted by Crippen LogP contribution is -2.67. The Hall–Kier alpha value is -1.67. The molecule has 8 unspecified atom stereocenters. The molecule has 1 saturated heterocycles. The first-order valence-corrected chi connectivity index (χ1v) is 20.9. The molecule has 5 aliphatic carbocycles. The maximum atomic E-state index is 13.3. The predicted molar refractivity (Wildman–Crippen MR) is 188 cm³/mol. The monoisotopic (exact) mass is 670 g/mol. The van der Waals surface area contributed by atoms with Crippen LogP contribution in [-0.2, 0) is 19.4 Å². The maximum absolute atomic E-state index is 13.3. The summed E-state index contributed by atoms with van der Waals surface area (Å²) in [5.74, 6) is 2.35. The van der Waals surface area contributed by atoms with E-state index in [-0.39, 0.29) is 34.1 Å². The van der Waals surface area contributed by atoms with Crippen molar-refractivity contribution >= 4 is 21.7 Å². The van der Waals surface area contributed by atoms with E-state index in [0.717, 1.165) is 25.7 Å². The van der Waals surface area contributed by atoms with Gasteiger partial charge in [-0.1, -0.05) is 53.2 Å². The van der Waals surface area contributed by atoms with Crippen LogP contribution in [0.15, 0.2) is 23.3 Å². The van der Waals surface area contributed by atoms with E-state index in [1.165, 1.54) is 62.3 Å². The molecule has 8 heteroatoms. The summed E-state index contributed by atoms with van der Waals surface area (Å²) in [5.41, 5.74) is 3.52. The quantitative estimate of drug-likeness (QED) is 0.270. The zero-order chi connectivity index (χ0) is 34.0. The summed E-state index contributed by atoms with van der Waals surface area (Å²) in [6.07, 6.45) is 20.5. The van der Waals surface area contributed by atoms with Gasteiger partial charge in [0.2, 0.25) is 5.91 Å². The zero-order valence-corrected chi connectivity index (χ0v) is 30.9. The van der Waals surface area contributed by atoms with E-state index < -0.39 is 21.1 Å². The molecule has 1 amide bonds. The molecule has 10 atom stereocenters. The molecule has 0 aromatic rings. The Bertz CT molecular complexity index is 1420. The highest BCUT2D eigenvalue weighted by Crippen LogP contribution is 2.75. The van der Waals surface area contributed by atoms with Gasteiger partial charge >= 0.3 is 5.97 Å². The molecule has 1 aliphatic heterocycles. The van der Waals surface area contributed by atoms with Crippen molar-refractivity contribution in [2.75, 3.05) is 25.9 Å². The number of rotatable bonds is 9. The molecule has 264 valence electrons. The van der Waals surface area contributed by atoms with E-state index >= 15 is 0 Å². The summed E-state index contributed by atoms with van der Waals surface area (Å²) in [6.45, 7) is 13.7. The second kappa shape index (κ2) is 12.6. The Morgan fingerprint density at radius 1 is 0.979 bits per heavy atom. The highest BCUT2D eigenvalue weighted by Gasteiger charge is 2.68. The van der Waals surface area contributed by atoms with Crippen molar-refractivity contribution in [3.63, 3.8) is 0 Å². The molecular formula is C39H62N2O5S. The number of hydrogen-bond donors (Lipinski definition) is 2. The Morgan fingerprint density at radius 2 is 1.74 bits per heavy atom. The van der Waals surface area contributed by atoms with Crippen LogP contribution < -0.4 is 5.32 Å². The summed E-state index contributed by atoms with van der Waals surface area (Å²) in [4.78, 5) is 26.6. The smallest absolute Gasteiger partial charge is 0.303 e. The number of hydrogen-bond acceptors (Lipinski definition) is 5. The van der Waals surface area contributed by atoms with Crippen LogP contribution in [0.4, 0.5) is 0 Å². The van der Waals surface area contributed by atoms with Gasteiger partial charge in [0.1, 0.15) is 0 Å². The highest BCUT2D eigenvalue weighted by molar-refractivity contribution is 7.91. The lowest BCUT2D eigenvalue weighted by atomic mass is 9.34. The van der Waals surface area contributed by atoms with Crippen LogP contribution in [0.1, 0.15) is 125 Å². The number of likely N-dealkylation sites (tertiary alicyclic amines) is 1.